The lowest BCUT2D eigenvalue weighted by Gasteiger charge is -2.07. The normalized spacial score (nSPS) is 10.6. The van der Waals surface area contributed by atoms with Crippen LogP contribution in [0.2, 0.25) is 0 Å². The summed E-state index contributed by atoms with van der Waals surface area (Å²) in [6.07, 6.45) is 0.923. The van der Waals surface area contributed by atoms with Gasteiger partial charge in [-0.15, -0.1) is 11.3 Å². The summed E-state index contributed by atoms with van der Waals surface area (Å²) in [5.74, 6) is -0.506. The molecule has 0 fully saturated rings. The molecule has 0 aliphatic heterocycles. The fraction of sp³-hybridized carbons (Fsp3) is 0.211. The number of esters is 1. The molecular formula is C19H18N2O3S. The second kappa shape index (κ2) is 7.90. The molecule has 3 aromatic rings. The first kappa shape index (κ1) is 17.1. The average Bonchev–Trinajstić information content (AvgIpc) is 3.03. The predicted octanol–water partition coefficient (Wildman–Crippen LogP) is 4.04. The van der Waals surface area contributed by atoms with E-state index in [9.17, 15) is 9.59 Å². The second-order valence-corrected chi connectivity index (χ2v) is 6.54. The zero-order chi connectivity index (χ0) is 17.6. The van der Waals surface area contributed by atoms with Gasteiger partial charge in [0.1, 0.15) is 0 Å². The first-order valence-corrected chi connectivity index (χ1v) is 8.89. The highest BCUT2D eigenvalue weighted by atomic mass is 32.1. The predicted molar refractivity (Wildman–Crippen MR) is 99.0 cm³/mol. The Morgan fingerprint density at radius 2 is 2.00 bits per heavy atom. The number of amides is 1. The molecule has 0 radical (unpaired) electrons. The summed E-state index contributed by atoms with van der Waals surface area (Å²) in [6, 6.07) is 14.7. The van der Waals surface area contributed by atoms with Crippen LogP contribution in [0.4, 0.5) is 5.69 Å². The van der Waals surface area contributed by atoms with Gasteiger partial charge in [0, 0.05) is 18.5 Å². The highest BCUT2D eigenvalue weighted by Crippen LogP contribution is 2.22. The largest absolute Gasteiger partial charge is 0.462 e. The van der Waals surface area contributed by atoms with E-state index in [0.717, 1.165) is 15.2 Å². The van der Waals surface area contributed by atoms with Crippen molar-refractivity contribution in [3.63, 3.8) is 0 Å². The Morgan fingerprint density at radius 3 is 2.80 bits per heavy atom. The maximum Gasteiger partial charge on any atom is 0.338 e. The van der Waals surface area contributed by atoms with Gasteiger partial charge < -0.3 is 10.1 Å². The van der Waals surface area contributed by atoms with E-state index in [2.05, 4.69) is 10.3 Å². The standard InChI is InChI=1S/C19H18N2O3S/c1-2-24-19(23)13-6-5-7-14(12-13)20-17(22)10-11-18-21-15-8-3-4-9-16(15)25-18/h3-9,12H,2,10-11H2,1H3,(H,20,22). The van der Waals surface area contributed by atoms with Crippen LogP contribution in [0.3, 0.4) is 0 Å². The third kappa shape index (κ3) is 4.42. The molecule has 25 heavy (non-hydrogen) atoms. The van der Waals surface area contributed by atoms with Crippen molar-refractivity contribution in [3.05, 3.63) is 59.1 Å². The summed E-state index contributed by atoms with van der Waals surface area (Å²) in [5.41, 5.74) is 1.97. The van der Waals surface area contributed by atoms with E-state index in [1.54, 1.807) is 42.5 Å². The van der Waals surface area contributed by atoms with Gasteiger partial charge in [0.15, 0.2) is 0 Å². The van der Waals surface area contributed by atoms with E-state index in [-0.39, 0.29) is 5.91 Å². The Bertz CT molecular complexity index is 871. The summed E-state index contributed by atoms with van der Waals surface area (Å²) in [4.78, 5) is 28.4. The first-order valence-electron chi connectivity index (χ1n) is 8.07. The Labute approximate surface area is 149 Å². The van der Waals surface area contributed by atoms with Crippen molar-refractivity contribution >= 4 is 39.1 Å². The topological polar surface area (TPSA) is 68.3 Å². The summed E-state index contributed by atoms with van der Waals surface area (Å²) in [7, 11) is 0. The van der Waals surface area contributed by atoms with Crippen LogP contribution in [-0.4, -0.2) is 23.5 Å². The number of rotatable bonds is 6. The van der Waals surface area contributed by atoms with Gasteiger partial charge in [0.05, 0.1) is 27.4 Å². The number of aromatic nitrogens is 1. The summed E-state index contributed by atoms with van der Waals surface area (Å²) >= 11 is 1.61. The number of para-hydroxylation sites is 1. The van der Waals surface area contributed by atoms with E-state index < -0.39 is 5.97 Å². The van der Waals surface area contributed by atoms with Crippen molar-refractivity contribution in [1.82, 2.24) is 4.98 Å². The van der Waals surface area contributed by atoms with Crippen molar-refractivity contribution in [2.24, 2.45) is 0 Å². The molecule has 0 saturated heterocycles. The lowest BCUT2D eigenvalue weighted by atomic mass is 10.2. The van der Waals surface area contributed by atoms with Crippen LogP contribution in [0.15, 0.2) is 48.5 Å². The van der Waals surface area contributed by atoms with Crippen LogP contribution in [0.5, 0.6) is 0 Å². The number of thiazole rings is 1. The van der Waals surface area contributed by atoms with Gasteiger partial charge in [-0.25, -0.2) is 9.78 Å². The number of carbonyl (C=O) groups excluding carboxylic acids is 2. The molecule has 1 aromatic heterocycles. The molecule has 5 nitrogen and oxygen atoms in total. The lowest BCUT2D eigenvalue weighted by Crippen LogP contribution is -2.13. The Balaban J connectivity index is 1.59. The van der Waals surface area contributed by atoms with E-state index in [1.165, 1.54) is 0 Å². The van der Waals surface area contributed by atoms with E-state index in [4.69, 9.17) is 4.74 Å². The minimum Gasteiger partial charge on any atom is -0.462 e. The van der Waals surface area contributed by atoms with Gasteiger partial charge in [-0.05, 0) is 37.3 Å². The third-order valence-corrected chi connectivity index (χ3v) is 4.66. The second-order valence-electron chi connectivity index (χ2n) is 5.42. The molecular weight excluding hydrogens is 336 g/mol. The molecule has 1 heterocycles. The van der Waals surface area contributed by atoms with Gasteiger partial charge in [0.25, 0.3) is 0 Å². The average molecular weight is 354 g/mol. The molecule has 0 saturated carbocycles. The number of nitrogens with zero attached hydrogens (tertiary/aromatic N) is 1. The van der Waals surface area contributed by atoms with Crippen molar-refractivity contribution in [2.45, 2.75) is 19.8 Å². The highest BCUT2D eigenvalue weighted by Gasteiger charge is 2.10. The number of carbonyl (C=O) groups is 2. The summed E-state index contributed by atoms with van der Waals surface area (Å²) in [6.45, 7) is 2.07. The van der Waals surface area contributed by atoms with Crippen LogP contribution in [0.25, 0.3) is 10.2 Å². The molecule has 0 aliphatic carbocycles. The molecule has 1 amide bonds. The molecule has 0 bridgehead atoms. The molecule has 0 spiro atoms. The Hall–Kier alpha value is -2.73. The number of anilines is 1. The first-order chi connectivity index (χ1) is 12.2. The number of fused-ring (bicyclic) bond motifs is 1. The van der Waals surface area contributed by atoms with Crippen LogP contribution in [0, 0.1) is 0 Å². The van der Waals surface area contributed by atoms with Gasteiger partial charge in [0.2, 0.25) is 5.91 Å². The molecule has 3 rings (SSSR count). The molecule has 6 heteroatoms. The summed E-state index contributed by atoms with van der Waals surface area (Å²) < 4.78 is 6.09. The number of hydrogen-bond donors (Lipinski definition) is 1. The zero-order valence-corrected chi connectivity index (χ0v) is 14.6. The minimum atomic E-state index is -0.395. The number of hydrogen-bond acceptors (Lipinski definition) is 5. The van der Waals surface area contributed by atoms with Crippen molar-refractivity contribution in [2.75, 3.05) is 11.9 Å². The van der Waals surface area contributed by atoms with Crippen molar-refractivity contribution in [1.29, 1.82) is 0 Å². The molecule has 128 valence electrons. The van der Waals surface area contributed by atoms with Gasteiger partial charge >= 0.3 is 5.97 Å². The quantitative estimate of drug-likeness (QED) is 0.678. The lowest BCUT2D eigenvalue weighted by molar-refractivity contribution is -0.116. The van der Waals surface area contributed by atoms with Crippen LogP contribution >= 0.6 is 11.3 Å². The number of aryl methyl sites for hydroxylation is 1. The number of benzene rings is 2. The number of ether oxygens (including phenoxy) is 1. The van der Waals surface area contributed by atoms with E-state index in [1.807, 2.05) is 24.3 Å². The Kier molecular flexibility index (Phi) is 5.40. The van der Waals surface area contributed by atoms with Crippen LogP contribution in [-0.2, 0) is 16.0 Å². The fourth-order valence-corrected chi connectivity index (χ4v) is 3.38. The smallest absolute Gasteiger partial charge is 0.338 e. The molecule has 0 atom stereocenters. The van der Waals surface area contributed by atoms with Crippen molar-refractivity contribution in [3.8, 4) is 0 Å². The third-order valence-electron chi connectivity index (χ3n) is 3.56. The minimum absolute atomic E-state index is 0.111. The monoisotopic (exact) mass is 354 g/mol. The van der Waals surface area contributed by atoms with E-state index >= 15 is 0 Å². The molecule has 2 aromatic carbocycles. The van der Waals surface area contributed by atoms with Crippen molar-refractivity contribution < 1.29 is 14.3 Å². The highest BCUT2D eigenvalue weighted by molar-refractivity contribution is 7.18. The maximum atomic E-state index is 12.2. The molecule has 0 aliphatic rings. The number of nitrogens with one attached hydrogen (secondary N) is 1. The Morgan fingerprint density at radius 1 is 1.16 bits per heavy atom. The maximum absolute atomic E-state index is 12.2. The zero-order valence-electron chi connectivity index (χ0n) is 13.8. The molecule has 0 unspecified atom stereocenters. The van der Waals surface area contributed by atoms with Gasteiger partial charge in [-0.2, -0.15) is 0 Å². The van der Waals surface area contributed by atoms with Crippen LogP contribution < -0.4 is 5.32 Å². The van der Waals surface area contributed by atoms with E-state index in [0.29, 0.717) is 30.7 Å². The van der Waals surface area contributed by atoms with Gasteiger partial charge in [-0.3, -0.25) is 4.79 Å². The van der Waals surface area contributed by atoms with Gasteiger partial charge in [-0.1, -0.05) is 18.2 Å². The fourth-order valence-electron chi connectivity index (χ4n) is 2.41. The molecule has 1 N–H and O–H groups in total. The van der Waals surface area contributed by atoms with Crippen LogP contribution in [0.1, 0.15) is 28.7 Å². The SMILES string of the molecule is CCOC(=O)c1cccc(NC(=O)CCc2nc3ccccc3s2)c1. The summed E-state index contributed by atoms with van der Waals surface area (Å²) in [5, 5.41) is 3.75.